The lowest BCUT2D eigenvalue weighted by atomic mass is 10.1. The van der Waals surface area contributed by atoms with Crippen molar-refractivity contribution in [3.8, 4) is 5.75 Å². The SMILES string of the molecule is CCCc1ccc(NC(=O)COc2ccccc2C(N)=O)cc1. The largest absolute Gasteiger partial charge is 0.483 e. The Labute approximate surface area is 135 Å². The minimum Gasteiger partial charge on any atom is -0.483 e. The molecule has 0 saturated carbocycles. The van der Waals surface area contributed by atoms with Crippen molar-refractivity contribution in [2.24, 2.45) is 5.73 Å². The Bertz CT molecular complexity index is 681. The van der Waals surface area contributed by atoms with Crippen molar-refractivity contribution in [3.05, 3.63) is 59.7 Å². The zero-order valence-electron chi connectivity index (χ0n) is 13.0. The van der Waals surface area contributed by atoms with E-state index in [1.165, 1.54) is 5.56 Å². The van der Waals surface area contributed by atoms with E-state index in [9.17, 15) is 9.59 Å². The summed E-state index contributed by atoms with van der Waals surface area (Å²) in [6.07, 6.45) is 2.10. The van der Waals surface area contributed by atoms with E-state index in [0.717, 1.165) is 12.8 Å². The second kappa shape index (κ2) is 7.98. The molecule has 0 unspecified atom stereocenters. The van der Waals surface area contributed by atoms with Gasteiger partial charge in [0.1, 0.15) is 5.75 Å². The summed E-state index contributed by atoms with van der Waals surface area (Å²) >= 11 is 0. The first-order valence-corrected chi connectivity index (χ1v) is 7.50. The molecule has 0 bridgehead atoms. The molecule has 2 rings (SSSR count). The van der Waals surface area contributed by atoms with Gasteiger partial charge in [-0.05, 0) is 36.2 Å². The van der Waals surface area contributed by atoms with Crippen LogP contribution in [0.1, 0.15) is 29.3 Å². The molecule has 23 heavy (non-hydrogen) atoms. The van der Waals surface area contributed by atoms with Gasteiger partial charge >= 0.3 is 0 Å². The topological polar surface area (TPSA) is 81.4 Å². The van der Waals surface area contributed by atoms with Gasteiger partial charge in [0.2, 0.25) is 0 Å². The third-order valence-corrected chi connectivity index (χ3v) is 3.29. The molecule has 2 aromatic carbocycles. The Morgan fingerprint density at radius 2 is 1.78 bits per heavy atom. The van der Waals surface area contributed by atoms with Crippen LogP contribution in [-0.4, -0.2) is 18.4 Å². The van der Waals surface area contributed by atoms with Gasteiger partial charge in [-0.1, -0.05) is 37.6 Å². The van der Waals surface area contributed by atoms with Crippen LogP contribution < -0.4 is 15.8 Å². The number of primary amides is 1. The summed E-state index contributed by atoms with van der Waals surface area (Å²) in [5.74, 6) is -0.589. The maximum atomic E-state index is 11.9. The Morgan fingerprint density at radius 1 is 1.09 bits per heavy atom. The number of rotatable bonds is 7. The fourth-order valence-electron chi connectivity index (χ4n) is 2.18. The summed E-state index contributed by atoms with van der Waals surface area (Å²) in [5.41, 5.74) is 7.46. The predicted octanol–water partition coefficient (Wildman–Crippen LogP) is 2.76. The normalized spacial score (nSPS) is 10.1. The number of hydrogen-bond donors (Lipinski definition) is 2. The first kappa shape index (κ1) is 16.5. The van der Waals surface area contributed by atoms with Crippen molar-refractivity contribution in [1.29, 1.82) is 0 Å². The van der Waals surface area contributed by atoms with E-state index < -0.39 is 5.91 Å². The minimum atomic E-state index is -0.590. The molecule has 5 nitrogen and oxygen atoms in total. The van der Waals surface area contributed by atoms with Gasteiger partial charge in [-0.2, -0.15) is 0 Å². The average molecular weight is 312 g/mol. The lowest BCUT2D eigenvalue weighted by Crippen LogP contribution is -2.21. The zero-order valence-corrected chi connectivity index (χ0v) is 13.0. The molecule has 5 heteroatoms. The lowest BCUT2D eigenvalue weighted by molar-refractivity contribution is -0.118. The Balaban J connectivity index is 1.91. The second-order valence-corrected chi connectivity index (χ2v) is 5.14. The number of benzene rings is 2. The van der Waals surface area contributed by atoms with Gasteiger partial charge in [-0.3, -0.25) is 9.59 Å². The average Bonchev–Trinajstić information content (AvgIpc) is 2.55. The Morgan fingerprint density at radius 3 is 2.43 bits per heavy atom. The van der Waals surface area contributed by atoms with Crippen LogP contribution in [0.2, 0.25) is 0 Å². The number of anilines is 1. The molecular weight excluding hydrogens is 292 g/mol. The number of carbonyl (C=O) groups excluding carboxylic acids is 2. The Kier molecular flexibility index (Phi) is 5.74. The number of hydrogen-bond acceptors (Lipinski definition) is 3. The molecule has 0 aliphatic rings. The second-order valence-electron chi connectivity index (χ2n) is 5.14. The van der Waals surface area contributed by atoms with E-state index in [0.29, 0.717) is 11.4 Å². The van der Waals surface area contributed by atoms with Crippen molar-refractivity contribution in [2.45, 2.75) is 19.8 Å². The molecule has 2 amide bonds. The predicted molar refractivity (Wildman–Crippen MR) is 89.5 cm³/mol. The summed E-state index contributed by atoms with van der Waals surface area (Å²) in [6, 6.07) is 14.3. The lowest BCUT2D eigenvalue weighted by Gasteiger charge is -2.10. The summed E-state index contributed by atoms with van der Waals surface area (Å²) in [5, 5.41) is 2.75. The van der Waals surface area contributed by atoms with E-state index in [2.05, 4.69) is 12.2 Å². The van der Waals surface area contributed by atoms with Crippen LogP contribution in [0.25, 0.3) is 0 Å². The number of ether oxygens (including phenoxy) is 1. The number of para-hydroxylation sites is 1. The fraction of sp³-hybridized carbons (Fsp3) is 0.222. The molecule has 0 heterocycles. The highest BCUT2D eigenvalue weighted by Crippen LogP contribution is 2.17. The third kappa shape index (κ3) is 4.85. The number of amides is 2. The molecule has 0 fully saturated rings. The van der Waals surface area contributed by atoms with E-state index in [1.54, 1.807) is 24.3 Å². The van der Waals surface area contributed by atoms with E-state index in [1.807, 2.05) is 24.3 Å². The Hall–Kier alpha value is -2.82. The van der Waals surface area contributed by atoms with Crippen LogP contribution in [0, 0.1) is 0 Å². The molecule has 2 aromatic rings. The van der Waals surface area contributed by atoms with Gasteiger partial charge in [0.15, 0.2) is 6.61 Å². The molecule has 120 valence electrons. The van der Waals surface area contributed by atoms with Crippen molar-refractivity contribution < 1.29 is 14.3 Å². The standard InChI is InChI=1S/C18H20N2O3/c1-2-5-13-8-10-14(11-9-13)20-17(21)12-23-16-7-4-3-6-15(16)18(19)22/h3-4,6-11H,2,5,12H2,1H3,(H2,19,22)(H,20,21). The molecule has 0 radical (unpaired) electrons. The quantitative estimate of drug-likeness (QED) is 0.825. The van der Waals surface area contributed by atoms with Crippen LogP contribution in [0.5, 0.6) is 5.75 Å². The molecule has 0 atom stereocenters. The first-order chi connectivity index (χ1) is 11.1. The van der Waals surface area contributed by atoms with E-state index >= 15 is 0 Å². The van der Waals surface area contributed by atoms with Gasteiger partial charge in [0.05, 0.1) is 5.56 Å². The third-order valence-electron chi connectivity index (χ3n) is 3.29. The number of aryl methyl sites for hydroxylation is 1. The van der Waals surface area contributed by atoms with E-state index in [-0.39, 0.29) is 18.1 Å². The first-order valence-electron chi connectivity index (χ1n) is 7.50. The fourth-order valence-corrected chi connectivity index (χ4v) is 2.18. The van der Waals surface area contributed by atoms with Gasteiger partial charge in [0.25, 0.3) is 11.8 Å². The maximum Gasteiger partial charge on any atom is 0.262 e. The van der Waals surface area contributed by atoms with Gasteiger partial charge < -0.3 is 15.8 Å². The highest BCUT2D eigenvalue weighted by molar-refractivity contribution is 5.96. The van der Waals surface area contributed by atoms with Gasteiger partial charge in [0, 0.05) is 5.69 Å². The van der Waals surface area contributed by atoms with Crippen molar-refractivity contribution >= 4 is 17.5 Å². The molecule has 0 aromatic heterocycles. The van der Waals surface area contributed by atoms with Crippen LogP contribution in [0.15, 0.2) is 48.5 Å². The summed E-state index contributed by atoms with van der Waals surface area (Å²) < 4.78 is 5.38. The van der Waals surface area contributed by atoms with Crippen molar-refractivity contribution in [3.63, 3.8) is 0 Å². The van der Waals surface area contributed by atoms with E-state index in [4.69, 9.17) is 10.5 Å². The summed E-state index contributed by atoms with van der Waals surface area (Å²) in [7, 11) is 0. The number of nitrogens with one attached hydrogen (secondary N) is 1. The number of nitrogens with two attached hydrogens (primary N) is 1. The molecule has 0 aliphatic carbocycles. The molecule has 3 N–H and O–H groups in total. The van der Waals surface area contributed by atoms with Crippen molar-refractivity contribution in [1.82, 2.24) is 0 Å². The zero-order chi connectivity index (χ0) is 16.7. The highest BCUT2D eigenvalue weighted by atomic mass is 16.5. The maximum absolute atomic E-state index is 11.9. The minimum absolute atomic E-state index is 0.193. The number of carbonyl (C=O) groups is 2. The van der Waals surface area contributed by atoms with Crippen LogP contribution in [0.4, 0.5) is 5.69 Å². The van der Waals surface area contributed by atoms with Crippen LogP contribution >= 0.6 is 0 Å². The molecule has 0 saturated heterocycles. The van der Waals surface area contributed by atoms with Gasteiger partial charge in [-0.25, -0.2) is 0 Å². The molecular formula is C18H20N2O3. The van der Waals surface area contributed by atoms with Crippen LogP contribution in [-0.2, 0) is 11.2 Å². The molecule has 0 spiro atoms. The van der Waals surface area contributed by atoms with Gasteiger partial charge in [-0.15, -0.1) is 0 Å². The molecule has 0 aliphatic heterocycles. The monoisotopic (exact) mass is 312 g/mol. The highest BCUT2D eigenvalue weighted by Gasteiger charge is 2.10. The van der Waals surface area contributed by atoms with Crippen LogP contribution in [0.3, 0.4) is 0 Å². The van der Waals surface area contributed by atoms with Crippen molar-refractivity contribution in [2.75, 3.05) is 11.9 Å². The summed E-state index contributed by atoms with van der Waals surface area (Å²) in [4.78, 5) is 23.2. The smallest absolute Gasteiger partial charge is 0.262 e. The summed E-state index contributed by atoms with van der Waals surface area (Å²) in [6.45, 7) is 1.93.